The standard InChI is InChI=1S/C25H38N4O6/c1-24(2,3)22(33)27(5)15-16-28(6)23(34)35-18-9-7-8-13-25(4,14-12-18)21(32)26-17-29-19(30)10-11-20(29)31/h7,9-11,18H,8,12-17H2,1-6H3,(H,26,32)/b9-7+/t18-,25+/m0/s1. The molecule has 0 saturated heterocycles. The van der Waals surface area contributed by atoms with Crippen LogP contribution in [0.3, 0.4) is 0 Å². The van der Waals surface area contributed by atoms with E-state index in [1.54, 1.807) is 19.0 Å². The van der Waals surface area contributed by atoms with Crippen LogP contribution < -0.4 is 5.32 Å². The number of nitrogens with one attached hydrogen (secondary N) is 1. The van der Waals surface area contributed by atoms with E-state index in [-0.39, 0.29) is 18.5 Å². The van der Waals surface area contributed by atoms with Crippen LogP contribution in [-0.2, 0) is 23.9 Å². The summed E-state index contributed by atoms with van der Waals surface area (Å²) in [7, 11) is 3.33. The minimum absolute atomic E-state index is 0.00509. The van der Waals surface area contributed by atoms with E-state index in [1.165, 1.54) is 17.1 Å². The maximum absolute atomic E-state index is 12.9. The first-order valence-electron chi connectivity index (χ1n) is 11.9. The summed E-state index contributed by atoms with van der Waals surface area (Å²) < 4.78 is 5.65. The molecule has 194 valence electrons. The van der Waals surface area contributed by atoms with E-state index in [1.807, 2.05) is 39.8 Å². The molecule has 10 nitrogen and oxygen atoms in total. The maximum atomic E-state index is 12.9. The number of likely N-dealkylation sites (N-methyl/N-ethyl adjacent to an activating group) is 2. The van der Waals surface area contributed by atoms with Gasteiger partial charge in [0.1, 0.15) is 12.8 Å². The summed E-state index contributed by atoms with van der Waals surface area (Å²) >= 11 is 0. The van der Waals surface area contributed by atoms with Crippen LogP contribution >= 0.6 is 0 Å². The van der Waals surface area contributed by atoms with Crippen LogP contribution in [0.1, 0.15) is 53.4 Å². The Morgan fingerprint density at radius 1 is 1.09 bits per heavy atom. The lowest BCUT2D eigenvalue weighted by atomic mass is 9.78. The largest absolute Gasteiger partial charge is 0.442 e. The van der Waals surface area contributed by atoms with Crippen molar-refractivity contribution in [2.45, 2.75) is 59.5 Å². The third-order valence-corrected chi connectivity index (χ3v) is 6.36. The molecule has 1 aliphatic heterocycles. The molecule has 0 fully saturated rings. The fourth-order valence-electron chi connectivity index (χ4n) is 3.89. The third kappa shape index (κ3) is 7.66. The lowest BCUT2D eigenvalue weighted by Crippen LogP contribution is -2.47. The van der Waals surface area contributed by atoms with Gasteiger partial charge in [0.15, 0.2) is 0 Å². The lowest BCUT2D eigenvalue weighted by Gasteiger charge is -2.32. The van der Waals surface area contributed by atoms with Gasteiger partial charge in [-0.3, -0.25) is 24.1 Å². The van der Waals surface area contributed by atoms with E-state index < -0.39 is 34.8 Å². The molecule has 35 heavy (non-hydrogen) atoms. The van der Waals surface area contributed by atoms with Gasteiger partial charge in [0.25, 0.3) is 11.8 Å². The minimum atomic E-state index is -0.739. The van der Waals surface area contributed by atoms with Crippen LogP contribution in [0.2, 0.25) is 0 Å². The number of allylic oxidation sites excluding steroid dienone is 1. The molecule has 0 spiro atoms. The Morgan fingerprint density at radius 2 is 1.69 bits per heavy atom. The van der Waals surface area contributed by atoms with Crippen molar-refractivity contribution in [3.8, 4) is 0 Å². The van der Waals surface area contributed by atoms with Crippen molar-refractivity contribution in [2.24, 2.45) is 10.8 Å². The molecular weight excluding hydrogens is 452 g/mol. The molecule has 0 unspecified atom stereocenters. The number of nitrogens with zero attached hydrogens (tertiary/aromatic N) is 3. The summed E-state index contributed by atoms with van der Waals surface area (Å²) in [6.07, 6.45) is 7.22. The number of carbonyl (C=O) groups excluding carboxylic acids is 5. The van der Waals surface area contributed by atoms with E-state index in [4.69, 9.17) is 4.74 Å². The van der Waals surface area contributed by atoms with E-state index in [2.05, 4.69) is 5.32 Å². The predicted molar refractivity (Wildman–Crippen MR) is 130 cm³/mol. The van der Waals surface area contributed by atoms with Crippen molar-refractivity contribution in [3.05, 3.63) is 24.3 Å². The molecule has 0 bridgehead atoms. The Hall–Kier alpha value is -3.17. The van der Waals surface area contributed by atoms with Crippen molar-refractivity contribution >= 4 is 29.7 Å². The number of rotatable bonds is 7. The summed E-state index contributed by atoms with van der Waals surface area (Å²) in [5.74, 6) is -1.17. The molecule has 2 atom stereocenters. The van der Waals surface area contributed by atoms with Crippen LogP contribution in [0.5, 0.6) is 0 Å². The second kappa shape index (κ2) is 11.5. The topological polar surface area (TPSA) is 116 Å². The molecule has 0 radical (unpaired) electrons. The normalized spacial score (nSPS) is 23.4. The van der Waals surface area contributed by atoms with Gasteiger partial charge < -0.3 is 19.9 Å². The Bertz CT molecular complexity index is 888. The van der Waals surface area contributed by atoms with Gasteiger partial charge in [-0.15, -0.1) is 0 Å². The minimum Gasteiger partial charge on any atom is -0.442 e. The predicted octanol–water partition coefficient (Wildman–Crippen LogP) is 2.06. The highest BCUT2D eigenvalue weighted by atomic mass is 16.6. The Labute approximate surface area is 207 Å². The zero-order chi connectivity index (χ0) is 26.4. The second-order valence-corrected chi connectivity index (χ2v) is 10.5. The number of hydrogen-bond acceptors (Lipinski definition) is 6. The average molecular weight is 491 g/mol. The van der Waals surface area contributed by atoms with Gasteiger partial charge in [-0.2, -0.15) is 0 Å². The first kappa shape index (κ1) is 28.1. The summed E-state index contributed by atoms with van der Waals surface area (Å²) in [5.41, 5.74) is -1.23. The quantitative estimate of drug-likeness (QED) is 0.431. The molecule has 1 N–H and O–H groups in total. The number of amides is 5. The van der Waals surface area contributed by atoms with Crippen molar-refractivity contribution in [3.63, 3.8) is 0 Å². The van der Waals surface area contributed by atoms with Crippen molar-refractivity contribution in [2.75, 3.05) is 33.9 Å². The molecule has 5 amide bonds. The first-order valence-corrected chi connectivity index (χ1v) is 11.9. The Kier molecular flexibility index (Phi) is 9.23. The maximum Gasteiger partial charge on any atom is 0.410 e. The SMILES string of the molecule is CN(CCN(C)C(=O)C(C)(C)C)C(=O)O[C@H]1/C=C/CC[C@@](C)(C(=O)NCN2C(=O)C=CC2=O)CC1. The van der Waals surface area contributed by atoms with Crippen LogP contribution in [0.4, 0.5) is 4.79 Å². The zero-order valence-corrected chi connectivity index (χ0v) is 21.6. The van der Waals surface area contributed by atoms with E-state index in [0.717, 1.165) is 4.90 Å². The van der Waals surface area contributed by atoms with Crippen LogP contribution in [0.25, 0.3) is 0 Å². The van der Waals surface area contributed by atoms with Gasteiger partial charge in [-0.25, -0.2) is 4.79 Å². The highest BCUT2D eigenvalue weighted by Gasteiger charge is 2.35. The molecule has 2 aliphatic rings. The van der Waals surface area contributed by atoms with Gasteiger partial charge in [-0.05, 0) is 31.8 Å². The molecule has 1 aliphatic carbocycles. The van der Waals surface area contributed by atoms with Gasteiger partial charge in [0, 0.05) is 50.2 Å². The summed E-state index contributed by atoms with van der Waals surface area (Å²) in [6, 6.07) is 0. The van der Waals surface area contributed by atoms with Crippen LogP contribution in [-0.4, -0.2) is 84.4 Å². The monoisotopic (exact) mass is 490 g/mol. The van der Waals surface area contributed by atoms with E-state index >= 15 is 0 Å². The van der Waals surface area contributed by atoms with Crippen molar-refractivity contribution in [1.82, 2.24) is 20.0 Å². The van der Waals surface area contributed by atoms with Gasteiger partial charge in [-0.1, -0.05) is 33.8 Å². The Balaban J connectivity index is 1.86. The first-order chi connectivity index (χ1) is 16.2. The lowest BCUT2D eigenvalue weighted by molar-refractivity contribution is -0.140. The number of carbonyl (C=O) groups is 5. The van der Waals surface area contributed by atoms with Gasteiger partial charge >= 0.3 is 6.09 Å². The smallest absolute Gasteiger partial charge is 0.410 e. The molecule has 0 aromatic heterocycles. The summed E-state index contributed by atoms with van der Waals surface area (Å²) in [4.78, 5) is 65.2. The highest BCUT2D eigenvalue weighted by molar-refractivity contribution is 6.13. The molecule has 0 aromatic rings. The molecular formula is C25H38N4O6. The summed E-state index contributed by atoms with van der Waals surface area (Å²) in [5, 5.41) is 2.70. The number of hydrogen-bond donors (Lipinski definition) is 1. The van der Waals surface area contributed by atoms with Crippen molar-refractivity contribution in [1.29, 1.82) is 0 Å². The fraction of sp³-hybridized carbons (Fsp3) is 0.640. The molecule has 1 heterocycles. The van der Waals surface area contributed by atoms with Crippen LogP contribution in [0.15, 0.2) is 24.3 Å². The van der Waals surface area contributed by atoms with Crippen molar-refractivity contribution < 1.29 is 28.7 Å². The highest BCUT2D eigenvalue weighted by Crippen LogP contribution is 2.33. The van der Waals surface area contributed by atoms with Crippen LogP contribution in [0, 0.1) is 10.8 Å². The van der Waals surface area contributed by atoms with E-state index in [9.17, 15) is 24.0 Å². The van der Waals surface area contributed by atoms with Gasteiger partial charge in [0.05, 0.1) is 0 Å². The molecule has 10 heteroatoms. The Morgan fingerprint density at radius 3 is 2.29 bits per heavy atom. The average Bonchev–Trinajstić information content (AvgIpc) is 3.10. The number of imide groups is 1. The molecule has 0 aromatic carbocycles. The molecule has 2 rings (SSSR count). The summed E-state index contributed by atoms with van der Waals surface area (Å²) in [6.45, 7) is 7.92. The van der Waals surface area contributed by atoms with E-state index in [0.29, 0.717) is 38.8 Å². The second-order valence-electron chi connectivity index (χ2n) is 10.5. The molecule has 0 saturated carbocycles. The zero-order valence-electron chi connectivity index (χ0n) is 21.6. The van der Waals surface area contributed by atoms with Gasteiger partial charge in [0.2, 0.25) is 11.8 Å². The number of ether oxygens (including phenoxy) is 1. The fourth-order valence-corrected chi connectivity index (χ4v) is 3.89. The third-order valence-electron chi connectivity index (χ3n) is 6.36.